The van der Waals surface area contributed by atoms with Gasteiger partial charge in [-0.25, -0.2) is 8.42 Å². The van der Waals surface area contributed by atoms with E-state index in [9.17, 15) is 22.0 Å². The molecule has 0 unspecified atom stereocenters. The summed E-state index contributed by atoms with van der Waals surface area (Å²) in [7, 11) is -3.25. The van der Waals surface area contributed by atoms with Crippen LogP contribution in [0.15, 0.2) is 24.3 Å². The Bertz CT molecular complexity index is 545. The van der Waals surface area contributed by atoms with Crippen molar-refractivity contribution in [1.82, 2.24) is 0 Å². The fraction of sp³-hybridized carbons (Fsp3) is 0.364. The van der Waals surface area contributed by atoms with E-state index in [0.29, 0.717) is 0 Å². The Labute approximate surface area is 109 Å². The molecule has 0 aliphatic rings. The van der Waals surface area contributed by atoms with Crippen molar-refractivity contribution < 1.29 is 26.7 Å². The SMILES string of the molecule is CS(=O)(=O)CCC(=O)Nc1ccccc1OC(F)F. The molecule has 0 spiro atoms. The van der Waals surface area contributed by atoms with E-state index in [4.69, 9.17) is 0 Å². The maximum absolute atomic E-state index is 12.1. The zero-order valence-corrected chi connectivity index (χ0v) is 10.9. The number of para-hydroxylation sites is 2. The van der Waals surface area contributed by atoms with Gasteiger partial charge in [0, 0.05) is 12.7 Å². The summed E-state index contributed by atoms with van der Waals surface area (Å²) in [5.41, 5.74) is 0.0706. The Morgan fingerprint density at radius 1 is 1.37 bits per heavy atom. The lowest BCUT2D eigenvalue weighted by atomic mass is 10.3. The van der Waals surface area contributed by atoms with E-state index in [1.54, 1.807) is 0 Å². The molecule has 106 valence electrons. The fourth-order valence-electron chi connectivity index (χ4n) is 1.26. The zero-order chi connectivity index (χ0) is 14.5. The van der Waals surface area contributed by atoms with Gasteiger partial charge in [-0.3, -0.25) is 4.79 Å². The van der Waals surface area contributed by atoms with E-state index in [-0.39, 0.29) is 23.6 Å². The number of nitrogens with one attached hydrogen (secondary N) is 1. The Kier molecular flexibility index (Phi) is 5.22. The van der Waals surface area contributed by atoms with Gasteiger partial charge >= 0.3 is 6.61 Å². The molecule has 0 atom stereocenters. The molecule has 8 heteroatoms. The van der Waals surface area contributed by atoms with Crippen molar-refractivity contribution in [3.8, 4) is 5.75 Å². The molecule has 1 N–H and O–H groups in total. The third-order valence-corrected chi connectivity index (χ3v) is 3.02. The summed E-state index contributed by atoms with van der Waals surface area (Å²) in [5.74, 6) is -1.07. The maximum atomic E-state index is 12.1. The number of amides is 1. The zero-order valence-electron chi connectivity index (χ0n) is 10.1. The number of anilines is 1. The predicted octanol–water partition coefficient (Wildman–Crippen LogP) is 1.66. The summed E-state index contributed by atoms with van der Waals surface area (Å²) in [6, 6.07) is 5.67. The van der Waals surface area contributed by atoms with Crippen LogP contribution in [0.1, 0.15) is 6.42 Å². The second-order valence-corrected chi connectivity index (χ2v) is 6.06. The highest BCUT2D eigenvalue weighted by Crippen LogP contribution is 2.25. The minimum Gasteiger partial charge on any atom is -0.433 e. The number of benzene rings is 1. The molecule has 0 saturated heterocycles. The molecule has 1 rings (SSSR count). The van der Waals surface area contributed by atoms with Gasteiger partial charge in [-0.15, -0.1) is 0 Å². The highest BCUT2D eigenvalue weighted by molar-refractivity contribution is 7.90. The molecule has 19 heavy (non-hydrogen) atoms. The summed E-state index contributed by atoms with van der Waals surface area (Å²) in [5, 5.41) is 2.33. The normalized spacial score (nSPS) is 11.4. The first-order valence-electron chi connectivity index (χ1n) is 5.29. The fourth-order valence-corrected chi connectivity index (χ4v) is 1.82. The molecule has 5 nitrogen and oxygen atoms in total. The first-order valence-corrected chi connectivity index (χ1v) is 7.35. The minimum absolute atomic E-state index is 0.0706. The van der Waals surface area contributed by atoms with E-state index in [1.807, 2.05) is 0 Å². The number of hydrogen-bond acceptors (Lipinski definition) is 4. The van der Waals surface area contributed by atoms with Crippen molar-refractivity contribution in [2.45, 2.75) is 13.0 Å². The molecule has 1 aromatic rings. The highest BCUT2D eigenvalue weighted by Gasteiger charge is 2.13. The molecule has 1 amide bonds. The van der Waals surface area contributed by atoms with Crippen molar-refractivity contribution in [3.63, 3.8) is 0 Å². The number of sulfone groups is 1. The van der Waals surface area contributed by atoms with Gasteiger partial charge in [-0.1, -0.05) is 12.1 Å². The second-order valence-electron chi connectivity index (χ2n) is 3.80. The average Bonchev–Trinajstić information content (AvgIpc) is 2.27. The van der Waals surface area contributed by atoms with Gasteiger partial charge in [0.05, 0.1) is 11.4 Å². The predicted molar refractivity (Wildman–Crippen MR) is 66.0 cm³/mol. The van der Waals surface area contributed by atoms with Crippen LogP contribution in [-0.2, 0) is 14.6 Å². The number of carbonyl (C=O) groups is 1. The molecule has 0 aromatic heterocycles. The standard InChI is InChI=1S/C11H13F2NO4S/c1-19(16,17)7-6-10(15)14-8-4-2-3-5-9(8)18-11(12)13/h2-5,11H,6-7H2,1H3,(H,14,15). The number of rotatable bonds is 6. The largest absolute Gasteiger partial charge is 0.433 e. The van der Waals surface area contributed by atoms with Crippen molar-refractivity contribution >= 4 is 21.4 Å². The Balaban J connectivity index is 2.68. The van der Waals surface area contributed by atoms with E-state index in [1.165, 1.54) is 24.3 Å². The molecule has 0 aliphatic heterocycles. The highest BCUT2D eigenvalue weighted by atomic mass is 32.2. The molecule has 0 aliphatic carbocycles. The third-order valence-electron chi connectivity index (χ3n) is 2.08. The Morgan fingerprint density at radius 2 is 2.00 bits per heavy atom. The molecule has 0 fully saturated rings. The summed E-state index contributed by atoms with van der Waals surface area (Å²) in [6.07, 6.45) is 0.760. The van der Waals surface area contributed by atoms with Crippen LogP contribution in [0.4, 0.5) is 14.5 Å². The van der Waals surface area contributed by atoms with Crippen LogP contribution in [0, 0.1) is 0 Å². The summed E-state index contributed by atoms with van der Waals surface area (Å²) in [4.78, 5) is 11.5. The van der Waals surface area contributed by atoms with Gasteiger partial charge in [0.15, 0.2) is 0 Å². The average molecular weight is 293 g/mol. The van der Waals surface area contributed by atoms with Gasteiger partial charge < -0.3 is 10.1 Å². The van der Waals surface area contributed by atoms with Crippen molar-refractivity contribution in [2.24, 2.45) is 0 Å². The Morgan fingerprint density at radius 3 is 2.58 bits per heavy atom. The van der Waals surface area contributed by atoms with Gasteiger partial charge in [-0.2, -0.15) is 8.78 Å². The number of halogens is 2. The molecule has 0 bridgehead atoms. The summed E-state index contributed by atoms with van der Waals surface area (Å²) >= 11 is 0. The van der Waals surface area contributed by atoms with Crippen LogP contribution in [0.5, 0.6) is 5.75 Å². The van der Waals surface area contributed by atoms with Gasteiger partial charge in [0.2, 0.25) is 5.91 Å². The van der Waals surface area contributed by atoms with Crippen LogP contribution in [0.25, 0.3) is 0 Å². The lowest BCUT2D eigenvalue weighted by molar-refractivity contribution is -0.115. The second kappa shape index (κ2) is 6.46. The topological polar surface area (TPSA) is 72.5 Å². The van der Waals surface area contributed by atoms with Gasteiger partial charge in [0.1, 0.15) is 15.6 Å². The van der Waals surface area contributed by atoms with Gasteiger partial charge in [0.25, 0.3) is 0 Å². The smallest absolute Gasteiger partial charge is 0.387 e. The van der Waals surface area contributed by atoms with Crippen molar-refractivity contribution in [2.75, 3.05) is 17.3 Å². The van der Waals surface area contributed by atoms with E-state index in [2.05, 4.69) is 10.1 Å². The number of carbonyl (C=O) groups excluding carboxylic acids is 1. The molecular weight excluding hydrogens is 280 g/mol. The van der Waals surface area contributed by atoms with E-state index >= 15 is 0 Å². The molecule has 0 radical (unpaired) electrons. The number of hydrogen-bond donors (Lipinski definition) is 1. The van der Waals surface area contributed by atoms with Crippen molar-refractivity contribution in [1.29, 1.82) is 0 Å². The first-order chi connectivity index (χ1) is 8.78. The maximum Gasteiger partial charge on any atom is 0.387 e. The van der Waals surface area contributed by atoms with E-state index < -0.39 is 22.4 Å². The summed E-state index contributed by atoms with van der Waals surface area (Å²) in [6.45, 7) is -3.01. The molecular formula is C11H13F2NO4S. The Hall–Kier alpha value is -1.70. The number of ether oxygens (including phenoxy) is 1. The monoisotopic (exact) mass is 293 g/mol. The van der Waals surface area contributed by atoms with Crippen LogP contribution in [0.2, 0.25) is 0 Å². The van der Waals surface area contributed by atoms with E-state index in [0.717, 1.165) is 6.26 Å². The lowest BCUT2D eigenvalue weighted by Crippen LogP contribution is -2.17. The minimum atomic E-state index is -3.25. The first kappa shape index (κ1) is 15.4. The quantitative estimate of drug-likeness (QED) is 0.865. The van der Waals surface area contributed by atoms with Crippen molar-refractivity contribution in [3.05, 3.63) is 24.3 Å². The summed E-state index contributed by atoms with van der Waals surface area (Å²) < 4.78 is 50.3. The van der Waals surface area contributed by atoms with Crippen LogP contribution in [0.3, 0.4) is 0 Å². The van der Waals surface area contributed by atoms with Gasteiger partial charge in [-0.05, 0) is 12.1 Å². The van der Waals surface area contributed by atoms with Crippen LogP contribution in [-0.4, -0.2) is 32.9 Å². The van der Waals surface area contributed by atoms with Crippen LogP contribution < -0.4 is 10.1 Å². The third kappa shape index (κ3) is 6.14. The number of alkyl halides is 2. The molecule has 0 saturated carbocycles. The molecule has 1 aromatic carbocycles. The lowest BCUT2D eigenvalue weighted by Gasteiger charge is -2.11. The molecule has 0 heterocycles. The van der Waals surface area contributed by atoms with Crippen LogP contribution >= 0.6 is 0 Å².